The van der Waals surface area contributed by atoms with Crippen LogP contribution in [-0.4, -0.2) is 19.5 Å². The lowest BCUT2D eigenvalue weighted by Crippen LogP contribution is -2.07. The van der Waals surface area contributed by atoms with Crippen LogP contribution >= 0.6 is 0 Å². The van der Waals surface area contributed by atoms with Crippen LogP contribution in [0.15, 0.2) is 79.4 Å². The molecule has 6 heteroatoms. The molecule has 0 bridgehead atoms. The van der Waals surface area contributed by atoms with Crippen molar-refractivity contribution in [3.63, 3.8) is 0 Å². The van der Waals surface area contributed by atoms with E-state index in [1.165, 1.54) is 6.33 Å². The van der Waals surface area contributed by atoms with Crippen molar-refractivity contribution >= 4 is 39.0 Å². The molecule has 0 spiro atoms. The van der Waals surface area contributed by atoms with Crippen molar-refractivity contribution in [2.75, 3.05) is 11.1 Å². The molecule has 2 aromatic heterocycles. The van der Waals surface area contributed by atoms with Crippen LogP contribution in [0, 0.1) is 0 Å². The third-order valence-corrected chi connectivity index (χ3v) is 4.59. The summed E-state index contributed by atoms with van der Waals surface area (Å²) in [5.41, 5.74) is 9.66. The van der Waals surface area contributed by atoms with Crippen molar-refractivity contribution in [3.05, 3.63) is 79.4 Å². The van der Waals surface area contributed by atoms with E-state index in [1.807, 2.05) is 53.1 Å². The number of nitrogen functional groups attached to an aromatic ring is 1. The molecule has 5 rings (SSSR count). The number of nitrogens with one attached hydrogen (secondary N) is 1. The average molecular weight is 352 g/mol. The van der Waals surface area contributed by atoms with Gasteiger partial charge in [-0.2, -0.15) is 0 Å². The molecule has 0 saturated carbocycles. The molecule has 0 aliphatic heterocycles. The zero-order chi connectivity index (χ0) is 18.2. The van der Waals surface area contributed by atoms with Crippen molar-refractivity contribution in [1.29, 1.82) is 0 Å². The number of nitrogens with two attached hydrogens (primary N) is 1. The van der Waals surface area contributed by atoms with Crippen molar-refractivity contribution in [1.82, 2.24) is 19.5 Å². The minimum atomic E-state index is 0.466. The molecule has 3 aromatic carbocycles. The van der Waals surface area contributed by atoms with Crippen molar-refractivity contribution in [2.24, 2.45) is 0 Å². The van der Waals surface area contributed by atoms with Gasteiger partial charge in [-0.1, -0.05) is 48.5 Å². The number of hydrogen-bond acceptors (Lipinski definition) is 5. The molecule has 0 aliphatic rings. The van der Waals surface area contributed by atoms with Gasteiger partial charge in [0.15, 0.2) is 11.6 Å². The number of benzene rings is 3. The minimum Gasteiger partial charge on any atom is -0.393 e. The number of nitrogens with zero attached hydrogens (tertiary/aromatic N) is 4. The van der Waals surface area contributed by atoms with E-state index < -0.39 is 0 Å². The molecular formula is C21H16N6. The first-order valence-corrected chi connectivity index (χ1v) is 8.59. The van der Waals surface area contributed by atoms with E-state index in [0.717, 1.165) is 27.5 Å². The summed E-state index contributed by atoms with van der Waals surface area (Å²) in [7, 11) is 0. The van der Waals surface area contributed by atoms with Crippen LogP contribution < -0.4 is 11.1 Å². The fraction of sp³-hybridized carbons (Fsp3) is 0. The van der Waals surface area contributed by atoms with E-state index in [4.69, 9.17) is 5.73 Å². The maximum absolute atomic E-state index is 6.42. The summed E-state index contributed by atoms with van der Waals surface area (Å²) in [6.07, 6.45) is 3.24. The first kappa shape index (κ1) is 15.3. The molecule has 2 heterocycles. The number of aromatic nitrogens is 4. The average Bonchev–Trinajstić information content (AvgIpc) is 3.14. The Labute approximate surface area is 155 Å². The van der Waals surface area contributed by atoms with Gasteiger partial charge in [-0.15, -0.1) is 0 Å². The van der Waals surface area contributed by atoms with E-state index in [0.29, 0.717) is 17.3 Å². The molecule has 6 nitrogen and oxygen atoms in total. The molecule has 0 fully saturated rings. The highest BCUT2D eigenvalue weighted by atomic mass is 15.2. The SMILES string of the molecule is Nc1c(Nc2cccc3ccccc23)ncnc1-n1cnc2ccccc21. The van der Waals surface area contributed by atoms with Gasteiger partial charge < -0.3 is 11.1 Å². The van der Waals surface area contributed by atoms with Crippen molar-refractivity contribution < 1.29 is 0 Å². The Morgan fingerprint density at radius 1 is 0.815 bits per heavy atom. The predicted molar refractivity (Wildman–Crippen MR) is 108 cm³/mol. The number of imidazole rings is 1. The standard InChI is InChI=1S/C21H16N6/c22-19-20(26-16-10-5-7-14-6-1-2-8-15(14)16)23-12-24-21(19)27-13-25-17-9-3-4-11-18(17)27/h1-13H,22H2,(H,23,24,26). The van der Waals surface area contributed by atoms with E-state index in [-0.39, 0.29) is 0 Å². The van der Waals surface area contributed by atoms with Gasteiger partial charge in [0.05, 0.1) is 11.0 Å². The van der Waals surface area contributed by atoms with Crippen LogP contribution in [0.25, 0.3) is 27.6 Å². The number of para-hydroxylation sites is 2. The van der Waals surface area contributed by atoms with Crippen LogP contribution in [0.1, 0.15) is 0 Å². The Hall–Kier alpha value is -3.93. The Morgan fingerprint density at radius 3 is 2.59 bits per heavy atom. The second-order valence-electron chi connectivity index (χ2n) is 6.21. The number of fused-ring (bicyclic) bond motifs is 2. The van der Waals surface area contributed by atoms with Gasteiger partial charge in [0.2, 0.25) is 0 Å². The first-order chi connectivity index (χ1) is 13.3. The highest BCUT2D eigenvalue weighted by Gasteiger charge is 2.13. The first-order valence-electron chi connectivity index (χ1n) is 8.59. The summed E-state index contributed by atoms with van der Waals surface area (Å²) in [5, 5.41) is 5.61. The molecule has 130 valence electrons. The summed E-state index contributed by atoms with van der Waals surface area (Å²) in [4.78, 5) is 13.1. The zero-order valence-electron chi connectivity index (χ0n) is 14.4. The van der Waals surface area contributed by atoms with Crippen LogP contribution in [-0.2, 0) is 0 Å². The van der Waals surface area contributed by atoms with Gasteiger partial charge >= 0.3 is 0 Å². The highest BCUT2D eigenvalue weighted by Crippen LogP contribution is 2.30. The normalized spacial score (nSPS) is 11.1. The smallest absolute Gasteiger partial charge is 0.167 e. The van der Waals surface area contributed by atoms with Crippen LogP contribution in [0.5, 0.6) is 0 Å². The fourth-order valence-electron chi connectivity index (χ4n) is 3.27. The molecule has 27 heavy (non-hydrogen) atoms. The minimum absolute atomic E-state index is 0.466. The molecule has 0 aliphatic carbocycles. The van der Waals surface area contributed by atoms with Gasteiger partial charge in [0.25, 0.3) is 0 Å². The molecule has 3 N–H and O–H groups in total. The van der Waals surface area contributed by atoms with Crippen LogP contribution in [0.4, 0.5) is 17.2 Å². The van der Waals surface area contributed by atoms with Crippen molar-refractivity contribution in [3.8, 4) is 5.82 Å². The number of anilines is 3. The fourth-order valence-corrected chi connectivity index (χ4v) is 3.27. The molecule has 0 saturated heterocycles. The molecule has 0 amide bonds. The third kappa shape index (κ3) is 2.55. The predicted octanol–water partition coefficient (Wildman–Crippen LogP) is 4.29. The monoisotopic (exact) mass is 352 g/mol. The second kappa shape index (κ2) is 6.10. The highest BCUT2D eigenvalue weighted by molar-refractivity contribution is 5.96. The summed E-state index contributed by atoms with van der Waals surface area (Å²) >= 11 is 0. The molecule has 0 unspecified atom stereocenters. The van der Waals surface area contributed by atoms with E-state index in [9.17, 15) is 0 Å². The van der Waals surface area contributed by atoms with Crippen molar-refractivity contribution in [2.45, 2.75) is 0 Å². The second-order valence-corrected chi connectivity index (χ2v) is 6.21. The summed E-state index contributed by atoms with van der Waals surface area (Å²) in [5.74, 6) is 1.16. The summed E-state index contributed by atoms with van der Waals surface area (Å²) in [6.45, 7) is 0. The topological polar surface area (TPSA) is 81.6 Å². The van der Waals surface area contributed by atoms with Gasteiger partial charge in [-0.3, -0.25) is 4.57 Å². The maximum atomic E-state index is 6.42. The van der Waals surface area contributed by atoms with E-state index >= 15 is 0 Å². The van der Waals surface area contributed by atoms with E-state index in [2.05, 4.69) is 38.5 Å². The summed E-state index contributed by atoms with van der Waals surface area (Å²) < 4.78 is 1.88. The van der Waals surface area contributed by atoms with Gasteiger partial charge in [0.1, 0.15) is 18.3 Å². The van der Waals surface area contributed by atoms with Crippen LogP contribution in [0.2, 0.25) is 0 Å². The van der Waals surface area contributed by atoms with Gasteiger partial charge in [0, 0.05) is 11.1 Å². The lowest BCUT2D eigenvalue weighted by atomic mass is 10.1. The third-order valence-electron chi connectivity index (χ3n) is 4.59. The Balaban J connectivity index is 1.61. The zero-order valence-corrected chi connectivity index (χ0v) is 14.4. The lowest BCUT2D eigenvalue weighted by Gasteiger charge is -2.13. The van der Waals surface area contributed by atoms with Crippen LogP contribution in [0.3, 0.4) is 0 Å². The Morgan fingerprint density at radius 2 is 1.63 bits per heavy atom. The largest absolute Gasteiger partial charge is 0.393 e. The lowest BCUT2D eigenvalue weighted by molar-refractivity contribution is 1.00. The summed E-state index contributed by atoms with van der Waals surface area (Å²) in [6, 6.07) is 22.1. The van der Waals surface area contributed by atoms with Gasteiger partial charge in [-0.25, -0.2) is 15.0 Å². The molecule has 0 radical (unpaired) electrons. The Bertz CT molecular complexity index is 1270. The molecular weight excluding hydrogens is 336 g/mol. The quantitative estimate of drug-likeness (QED) is 0.506. The Kier molecular flexibility index (Phi) is 3.47. The van der Waals surface area contributed by atoms with E-state index in [1.54, 1.807) is 6.33 Å². The maximum Gasteiger partial charge on any atom is 0.167 e. The van der Waals surface area contributed by atoms with Gasteiger partial charge in [-0.05, 0) is 23.6 Å². The number of rotatable bonds is 3. The number of hydrogen-bond donors (Lipinski definition) is 2. The molecule has 5 aromatic rings. The molecule has 0 atom stereocenters.